The molecule has 1 aromatic heterocycles. The molecule has 2 N–H and O–H groups in total. The van der Waals surface area contributed by atoms with Crippen molar-refractivity contribution in [2.75, 3.05) is 26.2 Å². The molecule has 8 heteroatoms. The third-order valence-corrected chi connectivity index (χ3v) is 3.92. The van der Waals surface area contributed by atoms with Crippen LogP contribution in [0, 0.1) is 0 Å². The molecule has 1 aromatic rings. The van der Waals surface area contributed by atoms with Crippen molar-refractivity contribution in [2.45, 2.75) is 53.1 Å². The predicted octanol–water partition coefficient (Wildman–Crippen LogP) is 2.00. The summed E-state index contributed by atoms with van der Waals surface area (Å²) in [6.07, 6.45) is 4.02. The minimum absolute atomic E-state index is 0. The number of aryl methyl sites for hydroxylation is 1. The van der Waals surface area contributed by atoms with Gasteiger partial charge in [-0.05, 0) is 46.3 Å². The normalized spacial score (nSPS) is 12.8. The molecule has 1 rings (SSSR count). The van der Waals surface area contributed by atoms with Crippen LogP contribution >= 0.6 is 24.0 Å². The summed E-state index contributed by atoms with van der Waals surface area (Å²) >= 11 is 0. The maximum absolute atomic E-state index is 4.59. The number of aliphatic imine (C=N–C) groups is 1. The molecular formula is C16H34IN7. The lowest BCUT2D eigenvalue weighted by Crippen LogP contribution is -2.42. The molecule has 0 radical (unpaired) electrons. The Morgan fingerprint density at radius 1 is 1.33 bits per heavy atom. The highest BCUT2D eigenvalue weighted by molar-refractivity contribution is 14.0. The average Bonchev–Trinajstić information content (AvgIpc) is 2.94. The third-order valence-electron chi connectivity index (χ3n) is 3.92. The zero-order chi connectivity index (χ0) is 17.1. The maximum atomic E-state index is 4.59. The fraction of sp³-hybridized carbons (Fsp3) is 0.812. The SMILES string of the molecule is CCNC(=NCc1nncn1C)NC(C)CCCN(CC)CC.I. The van der Waals surface area contributed by atoms with Crippen molar-refractivity contribution in [1.29, 1.82) is 0 Å². The minimum atomic E-state index is 0. The lowest BCUT2D eigenvalue weighted by Gasteiger charge is -2.21. The van der Waals surface area contributed by atoms with Crippen molar-refractivity contribution in [2.24, 2.45) is 12.0 Å². The first-order valence-corrected chi connectivity index (χ1v) is 8.70. The second-order valence-corrected chi connectivity index (χ2v) is 5.77. The topological polar surface area (TPSA) is 70.4 Å². The molecule has 0 aromatic carbocycles. The first kappa shape index (κ1) is 23.1. The first-order chi connectivity index (χ1) is 11.1. The Morgan fingerprint density at radius 3 is 2.58 bits per heavy atom. The second kappa shape index (κ2) is 13.4. The zero-order valence-corrected chi connectivity index (χ0v) is 18.1. The van der Waals surface area contributed by atoms with Crippen LogP contribution in [0.15, 0.2) is 11.3 Å². The van der Waals surface area contributed by atoms with E-state index in [1.165, 1.54) is 6.42 Å². The number of nitrogens with zero attached hydrogens (tertiary/aromatic N) is 5. The van der Waals surface area contributed by atoms with E-state index in [-0.39, 0.29) is 24.0 Å². The van der Waals surface area contributed by atoms with Crippen LogP contribution in [0.4, 0.5) is 0 Å². The van der Waals surface area contributed by atoms with E-state index in [0.29, 0.717) is 12.6 Å². The number of rotatable bonds is 10. The standard InChI is InChI=1S/C16H33N7.HI/c1-6-17-16(18-12-15-21-19-13-22(15)5)20-14(4)10-9-11-23(7-2)8-3;/h13-14H,6-12H2,1-5H3,(H2,17,18,20);1H. The van der Waals surface area contributed by atoms with Crippen LogP contribution in [0.25, 0.3) is 0 Å². The van der Waals surface area contributed by atoms with Gasteiger partial charge in [-0.25, -0.2) is 4.99 Å². The van der Waals surface area contributed by atoms with Gasteiger partial charge in [0.05, 0.1) is 0 Å². The molecule has 1 heterocycles. The second-order valence-electron chi connectivity index (χ2n) is 5.77. The number of hydrogen-bond donors (Lipinski definition) is 2. The number of aromatic nitrogens is 3. The summed E-state index contributed by atoms with van der Waals surface area (Å²) < 4.78 is 1.89. The molecule has 0 spiro atoms. The van der Waals surface area contributed by atoms with E-state index < -0.39 is 0 Å². The van der Waals surface area contributed by atoms with E-state index in [9.17, 15) is 0 Å². The van der Waals surface area contributed by atoms with Crippen LogP contribution in [0.3, 0.4) is 0 Å². The molecule has 1 atom stereocenters. The largest absolute Gasteiger partial charge is 0.357 e. The van der Waals surface area contributed by atoms with Crippen molar-refractivity contribution in [3.05, 3.63) is 12.2 Å². The molecule has 7 nitrogen and oxygen atoms in total. The fourth-order valence-corrected chi connectivity index (χ4v) is 2.39. The van der Waals surface area contributed by atoms with Gasteiger partial charge in [-0.2, -0.15) is 0 Å². The van der Waals surface area contributed by atoms with Crippen molar-refractivity contribution < 1.29 is 0 Å². The molecular weight excluding hydrogens is 417 g/mol. The van der Waals surface area contributed by atoms with Crippen LogP contribution in [0.1, 0.15) is 46.4 Å². The zero-order valence-electron chi connectivity index (χ0n) is 15.7. The molecule has 0 bridgehead atoms. The third kappa shape index (κ3) is 8.81. The predicted molar refractivity (Wildman–Crippen MR) is 111 cm³/mol. The molecule has 0 fully saturated rings. The van der Waals surface area contributed by atoms with E-state index in [4.69, 9.17) is 0 Å². The molecule has 24 heavy (non-hydrogen) atoms. The van der Waals surface area contributed by atoms with Gasteiger partial charge in [0.15, 0.2) is 11.8 Å². The summed E-state index contributed by atoms with van der Waals surface area (Å²) in [7, 11) is 1.93. The Balaban J connectivity index is 0.00000529. The van der Waals surface area contributed by atoms with E-state index in [1.807, 2.05) is 11.6 Å². The lowest BCUT2D eigenvalue weighted by molar-refractivity contribution is 0.292. The average molecular weight is 451 g/mol. The number of hydrogen-bond acceptors (Lipinski definition) is 4. The van der Waals surface area contributed by atoms with Gasteiger partial charge >= 0.3 is 0 Å². The highest BCUT2D eigenvalue weighted by Gasteiger charge is 2.07. The van der Waals surface area contributed by atoms with Crippen LogP contribution in [-0.2, 0) is 13.6 Å². The molecule has 1 unspecified atom stereocenters. The van der Waals surface area contributed by atoms with Crippen molar-refractivity contribution >= 4 is 29.9 Å². The molecule has 140 valence electrons. The van der Waals surface area contributed by atoms with Crippen molar-refractivity contribution in [3.8, 4) is 0 Å². The summed E-state index contributed by atoms with van der Waals surface area (Å²) in [4.78, 5) is 7.05. The molecule has 0 saturated heterocycles. The van der Waals surface area contributed by atoms with Gasteiger partial charge < -0.3 is 20.1 Å². The Morgan fingerprint density at radius 2 is 2.04 bits per heavy atom. The van der Waals surface area contributed by atoms with Gasteiger partial charge in [-0.1, -0.05) is 13.8 Å². The molecule has 0 aliphatic heterocycles. The van der Waals surface area contributed by atoms with Gasteiger partial charge in [0.2, 0.25) is 0 Å². The summed E-state index contributed by atoms with van der Waals surface area (Å²) in [6, 6.07) is 0.392. The van der Waals surface area contributed by atoms with Crippen LogP contribution in [0.5, 0.6) is 0 Å². The number of halogens is 1. The van der Waals surface area contributed by atoms with Crippen molar-refractivity contribution in [1.82, 2.24) is 30.3 Å². The Bertz CT molecular complexity index is 457. The molecule has 0 aliphatic rings. The molecule has 0 saturated carbocycles. The minimum Gasteiger partial charge on any atom is -0.357 e. The monoisotopic (exact) mass is 451 g/mol. The van der Waals surface area contributed by atoms with E-state index in [1.54, 1.807) is 6.33 Å². The Hall–Kier alpha value is -0.900. The highest BCUT2D eigenvalue weighted by atomic mass is 127. The van der Waals surface area contributed by atoms with Gasteiger partial charge in [0.25, 0.3) is 0 Å². The van der Waals surface area contributed by atoms with Gasteiger partial charge in [0.1, 0.15) is 12.9 Å². The fourth-order valence-electron chi connectivity index (χ4n) is 2.39. The Labute approximate surface area is 163 Å². The van der Waals surface area contributed by atoms with Gasteiger partial charge in [-0.15, -0.1) is 34.2 Å². The van der Waals surface area contributed by atoms with Crippen LogP contribution in [-0.4, -0.2) is 57.8 Å². The van der Waals surface area contributed by atoms with Crippen LogP contribution < -0.4 is 10.6 Å². The highest BCUT2D eigenvalue weighted by Crippen LogP contribution is 2.00. The molecule has 0 amide bonds. The van der Waals surface area contributed by atoms with Gasteiger partial charge in [0, 0.05) is 19.6 Å². The molecule has 0 aliphatic carbocycles. The van der Waals surface area contributed by atoms with E-state index >= 15 is 0 Å². The quantitative estimate of drug-likeness (QED) is 0.324. The number of guanidine groups is 1. The van der Waals surface area contributed by atoms with E-state index in [2.05, 4.69) is 58.4 Å². The summed E-state index contributed by atoms with van der Waals surface area (Å²) in [5, 5.41) is 14.7. The Kier molecular flexibility index (Phi) is 12.9. The first-order valence-electron chi connectivity index (χ1n) is 8.70. The van der Waals surface area contributed by atoms with E-state index in [0.717, 1.165) is 44.4 Å². The summed E-state index contributed by atoms with van der Waals surface area (Å²) in [5.74, 6) is 1.70. The number of nitrogens with one attached hydrogen (secondary N) is 2. The smallest absolute Gasteiger partial charge is 0.191 e. The maximum Gasteiger partial charge on any atom is 0.191 e. The lowest BCUT2D eigenvalue weighted by atomic mass is 10.2. The summed E-state index contributed by atoms with van der Waals surface area (Å²) in [5.41, 5.74) is 0. The van der Waals surface area contributed by atoms with Crippen molar-refractivity contribution in [3.63, 3.8) is 0 Å². The van der Waals surface area contributed by atoms with Gasteiger partial charge in [-0.3, -0.25) is 0 Å². The van der Waals surface area contributed by atoms with Crippen LogP contribution in [0.2, 0.25) is 0 Å². The summed E-state index contributed by atoms with van der Waals surface area (Å²) in [6.45, 7) is 13.5.